The van der Waals surface area contributed by atoms with Gasteiger partial charge in [0, 0.05) is 23.9 Å². The van der Waals surface area contributed by atoms with E-state index in [0.717, 1.165) is 30.3 Å². The first-order valence-corrected chi connectivity index (χ1v) is 12.1. The zero-order chi connectivity index (χ0) is 25.4. The van der Waals surface area contributed by atoms with Crippen molar-refractivity contribution in [3.8, 4) is 0 Å². The van der Waals surface area contributed by atoms with Gasteiger partial charge in [0.1, 0.15) is 18.0 Å². The fraction of sp³-hybridized carbons (Fsp3) is 0.385. The van der Waals surface area contributed by atoms with Gasteiger partial charge in [0.25, 0.3) is 5.91 Å². The molecule has 5 rings (SSSR count). The number of likely N-dealkylation sites (N-methyl/N-ethyl adjacent to an activating group) is 1. The number of guanidine groups is 1. The zero-order valence-corrected chi connectivity index (χ0v) is 20.7. The summed E-state index contributed by atoms with van der Waals surface area (Å²) in [7, 11) is 2.06. The quantitative estimate of drug-likeness (QED) is 0.465. The number of carboxylic acids is 1. The number of benzene rings is 1. The summed E-state index contributed by atoms with van der Waals surface area (Å²) in [6.45, 7) is 6.77. The van der Waals surface area contributed by atoms with Gasteiger partial charge in [-0.25, -0.2) is 15.0 Å². The fourth-order valence-corrected chi connectivity index (χ4v) is 4.84. The van der Waals surface area contributed by atoms with Gasteiger partial charge in [-0.2, -0.15) is 0 Å². The molecule has 3 aliphatic rings. The standard InChI is InChI=1S/C26H30N6O4/c1-15-4-6-18(10-16(15)2)28-23-20-13-36-14-22(20)30-26(31(23)3)32-9-8-19(12-32)29-24(33)21-7-5-17(11-27-21)25(34)35/h4-7,10-11,19,23,28H,8-9,12-14H2,1-3H3,(H2,29,33,34,35)/p+1. The number of hydrogen-bond acceptors (Lipinski definition) is 5. The second-order valence-corrected chi connectivity index (χ2v) is 9.54. The molecule has 4 N–H and O–H groups in total. The number of aryl methyl sites for hydroxylation is 2. The lowest BCUT2D eigenvalue weighted by atomic mass is 10.1. The van der Waals surface area contributed by atoms with E-state index in [2.05, 4.69) is 69.5 Å². The van der Waals surface area contributed by atoms with Gasteiger partial charge >= 0.3 is 11.9 Å². The lowest BCUT2D eigenvalue weighted by Crippen LogP contribution is -2.57. The Hall–Kier alpha value is -3.92. The van der Waals surface area contributed by atoms with Crippen molar-refractivity contribution in [2.45, 2.75) is 32.5 Å². The number of nitrogens with zero attached hydrogens (tertiary/aromatic N) is 3. The molecule has 0 saturated carbocycles. The molecule has 0 aliphatic carbocycles. The number of carbonyl (C=O) groups excluding carboxylic acids is 1. The smallest absolute Gasteiger partial charge is 0.354 e. The summed E-state index contributed by atoms with van der Waals surface area (Å²) in [4.78, 5) is 29.9. The average Bonchev–Trinajstić information content (AvgIpc) is 3.52. The Labute approximate surface area is 209 Å². The predicted octanol–water partition coefficient (Wildman–Crippen LogP) is 1.52. The Morgan fingerprint density at radius 2 is 2.03 bits per heavy atom. The third-order valence-electron chi connectivity index (χ3n) is 7.08. The normalized spacial score (nSPS) is 23.4. The molecule has 10 heteroatoms. The maximum Gasteiger partial charge on any atom is 0.354 e. The van der Waals surface area contributed by atoms with E-state index in [0.29, 0.717) is 19.8 Å². The van der Waals surface area contributed by atoms with E-state index in [1.165, 1.54) is 35.0 Å². The van der Waals surface area contributed by atoms with Gasteiger partial charge in [0.05, 0.1) is 38.3 Å². The number of ether oxygens (including phenoxy) is 1. The van der Waals surface area contributed by atoms with E-state index in [1.54, 1.807) is 0 Å². The number of aromatic nitrogens is 1. The van der Waals surface area contributed by atoms with Gasteiger partial charge in [0.2, 0.25) is 0 Å². The van der Waals surface area contributed by atoms with Crippen LogP contribution in [0.15, 0.2) is 47.8 Å². The number of anilines is 1. The van der Waals surface area contributed by atoms with E-state index in [4.69, 9.17) is 9.84 Å². The fourth-order valence-electron chi connectivity index (χ4n) is 4.84. The van der Waals surface area contributed by atoms with Gasteiger partial charge in [-0.15, -0.1) is 0 Å². The Kier molecular flexibility index (Phi) is 6.36. The molecule has 2 atom stereocenters. The van der Waals surface area contributed by atoms with Crippen molar-refractivity contribution >= 4 is 23.5 Å². The molecule has 0 bridgehead atoms. The van der Waals surface area contributed by atoms with Gasteiger partial charge in [-0.1, -0.05) is 6.07 Å². The second-order valence-electron chi connectivity index (χ2n) is 9.54. The summed E-state index contributed by atoms with van der Waals surface area (Å²) < 4.78 is 8.01. The van der Waals surface area contributed by atoms with Gasteiger partial charge in [0.15, 0.2) is 6.17 Å². The summed E-state index contributed by atoms with van der Waals surface area (Å²) in [5.41, 5.74) is 6.09. The van der Waals surface area contributed by atoms with Crippen molar-refractivity contribution in [1.82, 2.24) is 20.5 Å². The number of carbonyl (C=O) groups is 2. The molecule has 1 amide bonds. The Morgan fingerprint density at radius 1 is 1.19 bits per heavy atom. The number of hydrogen-bond donors (Lipinski definition) is 4. The first kappa shape index (κ1) is 23.8. The molecule has 2 unspecified atom stereocenters. The number of carboxylic acid groups (broad SMARTS) is 1. The monoisotopic (exact) mass is 491 g/mol. The van der Waals surface area contributed by atoms with Crippen LogP contribution in [0.2, 0.25) is 0 Å². The van der Waals surface area contributed by atoms with Gasteiger partial charge in [-0.3, -0.25) is 14.4 Å². The van der Waals surface area contributed by atoms with Crippen molar-refractivity contribution in [1.29, 1.82) is 0 Å². The highest BCUT2D eigenvalue weighted by Gasteiger charge is 2.41. The molecule has 1 saturated heterocycles. The van der Waals surface area contributed by atoms with Gasteiger partial charge in [-0.05, 0) is 49.2 Å². The van der Waals surface area contributed by atoms with E-state index in [1.807, 2.05) is 0 Å². The van der Waals surface area contributed by atoms with Crippen LogP contribution in [0.5, 0.6) is 0 Å². The molecule has 4 heterocycles. The summed E-state index contributed by atoms with van der Waals surface area (Å²) in [6, 6.07) is 9.17. The maximum absolute atomic E-state index is 12.7. The molecule has 1 aromatic heterocycles. The minimum atomic E-state index is -1.07. The minimum absolute atomic E-state index is 0.0496. The summed E-state index contributed by atoms with van der Waals surface area (Å²) in [5, 5.41) is 19.3. The molecule has 2 aromatic rings. The SMILES string of the molecule is Cc1ccc(NC2C3=C(COC3)NC(=[N+]3CCC(NC(=O)c4ccc(C(=O)O)cn4)C3)N2C)cc1C. The Balaban J connectivity index is 1.31. The highest BCUT2D eigenvalue weighted by atomic mass is 16.5. The number of pyridine rings is 1. The third kappa shape index (κ3) is 4.64. The molecular weight excluding hydrogens is 460 g/mol. The minimum Gasteiger partial charge on any atom is -0.478 e. The molecular formula is C26H31N6O4+. The summed E-state index contributed by atoms with van der Waals surface area (Å²) in [5.74, 6) is -0.406. The second kappa shape index (κ2) is 9.62. The highest BCUT2D eigenvalue weighted by molar-refractivity contribution is 5.94. The average molecular weight is 492 g/mol. The Bertz CT molecular complexity index is 1270. The number of amides is 1. The number of rotatable bonds is 5. The predicted molar refractivity (Wildman–Crippen MR) is 134 cm³/mol. The van der Waals surface area contributed by atoms with Crippen molar-refractivity contribution in [2.24, 2.45) is 0 Å². The van der Waals surface area contributed by atoms with E-state index in [9.17, 15) is 9.59 Å². The van der Waals surface area contributed by atoms with Crippen LogP contribution < -0.4 is 16.0 Å². The highest BCUT2D eigenvalue weighted by Crippen LogP contribution is 2.26. The lowest BCUT2D eigenvalue weighted by molar-refractivity contribution is -0.514. The van der Waals surface area contributed by atoms with Crippen molar-refractivity contribution < 1.29 is 24.0 Å². The lowest BCUT2D eigenvalue weighted by Gasteiger charge is -2.33. The first-order valence-electron chi connectivity index (χ1n) is 12.1. The van der Waals surface area contributed by atoms with Crippen LogP contribution in [0, 0.1) is 13.8 Å². The summed E-state index contributed by atoms with van der Waals surface area (Å²) >= 11 is 0. The van der Waals surface area contributed by atoms with Gasteiger partial charge < -0.3 is 20.5 Å². The number of nitrogens with one attached hydrogen (secondary N) is 3. The van der Waals surface area contributed by atoms with E-state index >= 15 is 0 Å². The van der Waals surface area contributed by atoms with Crippen LogP contribution in [0.25, 0.3) is 0 Å². The van der Waals surface area contributed by atoms with Crippen LogP contribution >= 0.6 is 0 Å². The molecule has 10 nitrogen and oxygen atoms in total. The van der Waals surface area contributed by atoms with E-state index < -0.39 is 5.97 Å². The molecule has 0 spiro atoms. The molecule has 1 aromatic carbocycles. The third-order valence-corrected chi connectivity index (χ3v) is 7.08. The zero-order valence-electron chi connectivity index (χ0n) is 20.7. The first-order chi connectivity index (χ1) is 17.3. The molecule has 1 fully saturated rings. The maximum atomic E-state index is 12.7. The molecule has 3 aliphatic heterocycles. The van der Waals surface area contributed by atoms with Crippen LogP contribution in [-0.4, -0.2) is 83.0 Å². The van der Waals surface area contributed by atoms with Crippen LogP contribution in [0.1, 0.15) is 38.4 Å². The number of aromatic carboxylic acids is 1. The summed E-state index contributed by atoms with van der Waals surface area (Å²) in [6.07, 6.45) is 1.94. The van der Waals surface area contributed by atoms with Crippen molar-refractivity contribution in [3.63, 3.8) is 0 Å². The molecule has 36 heavy (non-hydrogen) atoms. The molecule has 188 valence electrons. The van der Waals surface area contributed by atoms with Crippen LogP contribution in [0.3, 0.4) is 0 Å². The Morgan fingerprint density at radius 3 is 2.75 bits per heavy atom. The topological polar surface area (TPSA) is 119 Å². The largest absolute Gasteiger partial charge is 0.478 e. The van der Waals surface area contributed by atoms with Crippen molar-refractivity contribution in [3.05, 3.63) is 70.2 Å². The van der Waals surface area contributed by atoms with E-state index in [-0.39, 0.29) is 29.4 Å². The van der Waals surface area contributed by atoms with Crippen LogP contribution in [0.4, 0.5) is 5.69 Å². The van der Waals surface area contributed by atoms with Crippen LogP contribution in [-0.2, 0) is 4.74 Å². The molecule has 0 radical (unpaired) electrons. The van der Waals surface area contributed by atoms with Crippen molar-refractivity contribution in [2.75, 3.05) is 38.7 Å².